The smallest absolute Gasteiger partial charge is 0.263 e. The molecule has 2 amide bonds. The molecule has 32 heavy (non-hydrogen) atoms. The average Bonchev–Trinajstić information content (AvgIpc) is 2.79. The third kappa shape index (κ3) is 6.25. The van der Waals surface area contributed by atoms with Crippen molar-refractivity contribution in [2.75, 3.05) is 20.2 Å². The van der Waals surface area contributed by atoms with Gasteiger partial charge in [0.15, 0.2) is 6.10 Å². The van der Waals surface area contributed by atoms with E-state index in [0.29, 0.717) is 25.4 Å². The number of hydrogen-bond donors (Lipinski definition) is 1. The van der Waals surface area contributed by atoms with Crippen molar-refractivity contribution >= 4 is 11.8 Å². The van der Waals surface area contributed by atoms with Crippen LogP contribution in [0.25, 0.3) is 0 Å². The Bertz CT molecular complexity index is 902. The van der Waals surface area contributed by atoms with Gasteiger partial charge in [-0.2, -0.15) is 0 Å². The largest absolute Gasteiger partial charge is 0.497 e. The third-order valence-electron chi connectivity index (χ3n) is 5.89. The number of rotatable bonds is 8. The highest BCUT2D eigenvalue weighted by Gasteiger charge is 2.28. The Labute approximate surface area is 190 Å². The van der Waals surface area contributed by atoms with E-state index in [9.17, 15) is 9.59 Å². The van der Waals surface area contributed by atoms with Gasteiger partial charge in [0.05, 0.1) is 13.5 Å². The molecule has 3 rings (SSSR count). The average molecular weight is 439 g/mol. The number of para-hydroxylation sites is 1. The van der Waals surface area contributed by atoms with Gasteiger partial charge in [-0.1, -0.05) is 44.2 Å². The van der Waals surface area contributed by atoms with E-state index in [1.165, 1.54) is 0 Å². The first-order valence-electron chi connectivity index (χ1n) is 11.3. The minimum absolute atomic E-state index is 0.00179. The lowest BCUT2D eigenvalue weighted by atomic mass is 10.0. The predicted molar refractivity (Wildman–Crippen MR) is 125 cm³/mol. The molecule has 1 aliphatic heterocycles. The Kier molecular flexibility index (Phi) is 8.14. The SMILES string of the molecule is COc1ccc(CC(=O)NC2CCN(C(=O)C(C)Oc3ccccc3C(C)C)CC2)cc1. The highest BCUT2D eigenvalue weighted by Crippen LogP contribution is 2.27. The first kappa shape index (κ1) is 23.6. The fourth-order valence-electron chi connectivity index (χ4n) is 4.01. The fraction of sp³-hybridized carbons (Fsp3) is 0.462. The van der Waals surface area contributed by atoms with Gasteiger partial charge in [0.1, 0.15) is 11.5 Å². The number of carbonyl (C=O) groups is 2. The van der Waals surface area contributed by atoms with E-state index in [-0.39, 0.29) is 17.9 Å². The van der Waals surface area contributed by atoms with E-state index in [2.05, 4.69) is 19.2 Å². The number of carbonyl (C=O) groups excluding carboxylic acids is 2. The summed E-state index contributed by atoms with van der Waals surface area (Å²) in [4.78, 5) is 27.2. The summed E-state index contributed by atoms with van der Waals surface area (Å²) in [6.45, 7) is 7.27. The van der Waals surface area contributed by atoms with E-state index in [1.54, 1.807) is 7.11 Å². The molecule has 1 N–H and O–H groups in total. The maximum Gasteiger partial charge on any atom is 0.263 e. The molecule has 1 atom stereocenters. The van der Waals surface area contributed by atoms with Gasteiger partial charge in [-0.3, -0.25) is 9.59 Å². The Hall–Kier alpha value is -3.02. The van der Waals surface area contributed by atoms with Crippen molar-refractivity contribution in [2.45, 2.75) is 58.1 Å². The van der Waals surface area contributed by atoms with Crippen LogP contribution in [-0.4, -0.2) is 49.1 Å². The lowest BCUT2D eigenvalue weighted by molar-refractivity contribution is -0.139. The monoisotopic (exact) mass is 438 g/mol. The van der Waals surface area contributed by atoms with E-state index in [0.717, 1.165) is 35.5 Å². The summed E-state index contributed by atoms with van der Waals surface area (Å²) in [7, 11) is 1.62. The van der Waals surface area contributed by atoms with Crippen LogP contribution >= 0.6 is 0 Å². The summed E-state index contributed by atoms with van der Waals surface area (Å²) in [6, 6.07) is 15.5. The maximum atomic E-state index is 12.9. The van der Waals surface area contributed by atoms with Crippen LogP contribution < -0.4 is 14.8 Å². The summed E-state index contributed by atoms with van der Waals surface area (Å²) in [6.07, 6.45) is 1.28. The topological polar surface area (TPSA) is 67.9 Å². The molecule has 1 saturated heterocycles. The molecule has 6 heteroatoms. The number of ether oxygens (including phenoxy) is 2. The first-order chi connectivity index (χ1) is 15.4. The number of likely N-dealkylation sites (tertiary alicyclic amines) is 1. The summed E-state index contributed by atoms with van der Waals surface area (Å²) >= 11 is 0. The van der Waals surface area contributed by atoms with Crippen LogP contribution in [0.15, 0.2) is 48.5 Å². The van der Waals surface area contributed by atoms with E-state index in [1.807, 2.05) is 60.4 Å². The Morgan fingerprint density at radius 1 is 1.03 bits per heavy atom. The zero-order chi connectivity index (χ0) is 23.1. The number of nitrogens with one attached hydrogen (secondary N) is 1. The van der Waals surface area contributed by atoms with Gasteiger partial charge in [0.2, 0.25) is 5.91 Å². The van der Waals surface area contributed by atoms with Crippen molar-refractivity contribution in [3.05, 3.63) is 59.7 Å². The predicted octanol–water partition coefficient (Wildman–Crippen LogP) is 3.94. The second kappa shape index (κ2) is 11.0. The van der Waals surface area contributed by atoms with Crippen molar-refractivity contribution in [1.29, 1.82) is 0 Å². The first-order valence-corrected chi connectivity index (χ1v) is 11.3. The number of nitrogens with zero attached hydrogens (tertiary/aromatic N) is 1. The quantitative estimate of drug-likeness (QED) is 0.678. The Morgan fingerprint density at radius 2 is 1.69 bits per heavy atom. The Morgan fingerprint density at radius 3 is 2.31 bits per heavy atom. The number of hydrogen-bond acceptors (Lipinski definition) is 4. The minimum Gasteiger partial charge on any atom is -0.497 e. The maximum absolute atomic E-state index is 12.9. The lowest BCUT2D eigenvalue weighted by Gasteiger charge is -2.34. The molecule has 0 saturated carbocycles. The van der Waals surface area contributed by atoms with Crippen LogP contribution in [0.2, 0.25) is 0 Å². The van der Waals surface area contributed by atoms with Gasteiger partial charge >= 0.3 is 0 Å². The molecule has 2 aromatic rings. The van der Waals surface area contributed by atoms with E-state index >= 15 is 0 Å². The van der Waals surface area contributed by atoms with Gasteiger partial charge in [0.25, 0.3) is 5.91 Å². The van der Waals surface area contributed by atoms with Gasteiger partial charge in [-0.05, 0) is 55.0 Å². The molecule has 6 nitrogen and oxygen atoms in total. The Balaban J connectivity index is 1.46. The van der Waals surface area contributed by atoms with E-state index in [4.69, 9.17) is 9.47 Å². The molecule has 2 aromatic carbocycles. The lowest BCUT2D eigenvalue weighted by Crippen LogP contribution is -2.49. The van der Waals surface area contributed by atoms with Crippen molar-refractivity contribution in [3.63, 3.8) is 0 Å². The van der Waals surface area contributed by atoms with Crippen LogP contribution in [-0.2, 0) is 16.0 Å². The van der Waals surface area contributed by atoms with Gasteiger partial charge < -0.3 is 19.7 Å². The highest BCUT2D eigenvalue weighted by molar-refractivity contribution is 5.81. The molecule has 0 aromatic heterocycles. The summed E-state index contributed by atoms with van der Waals surface area (Å²) in [5.41, 5.74) is 2.05. The van der Waals surface area contributed by atoms with Crippen LogP contribution in [0.1, 0.15) is 50.7 Å². The van der Waals surface area contributed by atoms with Crippen LogP contribution in [0.5, 0.6) is 11.5 Å². The van der Waals surface area contributed by atoms with Gasteiger partial charge in [-0.15, -0.1) is 0 Å². The summed E-state index contributed by atoms with van der Waals surface area (Å²) in [5, 5.41) is 3.11. The molecular weight excluding hydrogens is 404 g/mol. The molecule has 0 radical (unpaired) electrons. The molecular formula is C26H34N2O4. The van der Waals surface area contributed by atoms with Crippen LogP contribution in [0.3, 0.4) is 0 Å². The van der Waals surface area contributed by atoms with Crippen LogP contribution in [0, 0.1) is 0 Å². The van der Waals surface area contributed by atoms with Gasteiger partial charge in [0, 0.05) is 19.1 Å². The molecule has 1 heterocycles. The molecule has 0 bridgehead atoms. The molecule has 0 spiro atoms. The minimum atomic E-state index is -0.545. The second-order valence-corrected chi connectivity index (χ2v) is 8.64. The zero-order valence-corrected chi connectivity index (χ0v) is 19.5. The molecule has 1 aliphatic rings. The zero-order valence-electron chi connectivity index (χ0n) is 19.5. The van der Waals surface area contributed by atoms with Gasteiger partial charge in [-0.25, -0.2) is 0 Å². The van der Waals surface area contributed by atoms with Crippen molar-refractivity contribution in [2.24, 2.45) is 0 Å². The standard InChI is InChI=1S/C26H34N2O4/c1-18(2)23-7-5-6-8-24(23)32-19(3)26(30)28-15-13-21(14-16-28)27-25(29)17-20-9-11-22(31-4)12-10-20/h5-12,18-19,21H,13-17H2,1-4H3,(H,27,29). The van der Waals surface area contributed by atoms with Crippen LogP contribution in [0.4, 0.5) is 0 Å². The summed E-state index contributed by atoms with van der Waals surface area (Å²) in [5.74, 6) is 1.86. The number of piperidine rings is 1. The number of methoxy groups -OCH3 is 1. The number of benzene rings is 2. The highest BCUT2D eigenvalue weighted by atomic mass is 16.5. The molecule has 1 unspecified atom stereocenters. The molecule has 172 valence electrons. The molecule has 1 fully saturated rings. The molecule has 0 aliphatic carbocycles. The third-order valence-corrected chi connectivity index (χ3v) is 5.89. The van der Waals surface area contributed by atoms with Crippen molar-refractivity contribution < 1.29 is 19.1 Å². The van der Waals surface area contributed by atoms with E-state index < -0.39 is 6.10 Å². The second-order valence-electron chi connectivity index (χ2n) is 8.64. The summed E-state index contributed by atoms with van der Waals surface area (Å²) < 4.78 is 11.2. The fourth-order valence-corrected chi connectivity index (χ4v) is 4.01. The number of amides is 2. The van der Waals surface area contributed by atoms with Crippen molar-refractivity contribution in [1.82, 2.24) is 10.2 Å². The van der Waals surface area contributed by atoms with Crippen molar-refractivity contribution in [3.8, 4) is 11.5 Å². The normalized spacial score (nSPS) is 15.3.